The van der Waals surface area contributed by atoms with Crippen molar-refractivity contribution in [3.8, 4) is 0 Å². The standard InChI is InChI=1S/C14H15N3O2/c1-9-6-4-5-7-12(9)17(3)14-15-8-11(13(18)19)10(2)16-14/h4-8H,1-3H3,(H,18,19). The molecule has 5 heteroatoms. The molecule has 0 saturated heterocycles. The molecule has 5 nitrogen and oxygen atoms in total. The van der Waals surface area contributed by atoms with Crippen LogP contribution in [0.1, 0.15) is 21.6 Å². The number of aromatic carboxylic acids is 1. The Balaban J connectivity index is 2.40. The second-order valence-electron chi connectivity index (χ2n) is 4.32. The summed E-state index contributed by atoms with van der Waals surface area (Å²) in [6.45, 7) is 3.67. The van der Waals surface area contributed by atoms with Gasteiger partial charge in [0, 0.05) is 18.9 Å². The van der Waals surface area contributed by atoms with E-state index in [1.165, 1.54) is 6.20 Å². The molecule has 0 aliphatic heterocycles. The van der Waals surface area contributed by atoms with Crippen molar-refractivity contribution < 1.29 is 9.90 Å². The highest BCUT2D eigenvalue weighted by Gasteiger charge is 2.13. The first-order valence-electron chi connectivity index (χ1n) is 5.87. The molecule has 0 aliphatic rings. The van der Waals surface area contributed by atoms with Crippen LogP contribution in [0.5, 0.6) is 0 Å². The SMILES string of the molecule is Cc1ccccc1N(C)c1ncc(C(=O)O)c(C)n1. The zero-order valence-corrected chi connectivity index (χ0v) is 11.1. The summed E-state index contributed by atoms with van der Waals surface area (Å²) in [6, 6.07) is 7.88. The summed E-state index contributed by atoms with van der Waals surface area (Å²) in [7, 11) is 1.86. The summed E-state index contributed by atoms with van der Waals surface area (Å²) in [4.78, 5) is 21.1. The molecule has 1 N–H and O–H groups in total. The number of aromatic nitrogens is 2. The van der Waals surface area contributed by atoms with Gasteiger partial charge in [-0.2, -0.15) is 0 Å². The van der Waals surface area contributed by atoms with Crippen LogP contribution in [0.2, 0.25) is 0 Å². The number of rotatable bonds is 3. The molecule has 0 unspecified atom stereocenters. The fourth-order valence-electron chi connectivity index (χ4n) is 1.87. The number of hydrogen-bond acceptors (Lipinski definition) is 4. The van der Waals surface area contributed by atoms with Gasteiger partial charge in [0.2, 0.25) is 5.95 Å². The Bertz CT molecular complexity index is 626. The normalized spacial score (nSPS) is 10.3. The maximum atomic E-state index is 10.9. The molecule has 0 aliphatic carbocycles. The fraction of sp³-hybridized carbons (Fsp3) is 0.214. The van der Waals surface area contributed by atoms with Crippen LogP contribution in [0.3, 0.4) is 0 Å². The largest absolute Gasteiger partial charge is 0.478 e. The molecule has 2 rings (SSSR count). The molecule has 2 aromatic rings. The van der Waals surface area contributed by atoms with E-state index in [4.69, 9.17) is 5.11 Å². The van der Waals surface area contributed by atoms with Crippen LogP contribution in [0.4, 0.5) is 11.6 Å². The van der Waals surface area contributed by atoms with Gasteiger partial charge in [-0.25, -0.2) is 14.8 Å². The average molecular weight is 257 g/mol. The topological polar surface area (TPSA) is 66.3 Å². The van der Waals surface area contributed by atoms with E-state index in [2.05, 4.69) is 9.97 Å². The monoisotopic (exact) mass is 257 g/mol. The van der Waals surface area contributed by atoms with Gasteiger partial charge in [0.25, 0.3) is 0 Å². The zero-order valence-electron chi connectivity index (χ0n) is 11.1. The fourth-order valence-corrected chi connectivity index (χ4v) is 1.87. The molecule has 1 heterocycles. The summed E-state index contributed by atoms with van der Waals surface area (Å²) in [5.74, 6) is -0.528. The second kappa shape index (κ2) is 5.06. The van der Waals surface area contributed by atoms with Crippen LogP contribution >= 0.6 is 0 Å². The molecule has 0 spiro atoms. The summed E-state index contributed by atoms with van der Waals surface area (Å²) in [6.07, 6.45) is 1.34. The summed E-state index contributed by atoms with van der Waals surface area (Å²) in [5, 5.41) is 8.96. The molecular weight excluding hydrogens is 242 g/mol. The van der Waals surface area contributed by atoms with Crippen molar-refractivity contribution in [2.75, 3.05) is 11.9 Å². The molecule has 0 atom stereocenters. The highest BCUT2D eigenvalue weighted by Crippen LogP contribution is 2.23. The third kappa shape index (κ3) is 2.54. The van der Waals surface area contributed by atoms with Gasteiger partial charge in [0.05, 0.1) is 11.3 Å². The molecule has 98 valence electrons. The minimum Gasteiger partial charge on any atom is -0.478 e. The van der Waals surface area contributed by atoms with E-state index in [0.717, 1.165) is 11.3 Å². The van der Waals surface area contributed by atoms with Crippen molar-refractivity contribution in [3.05, 3.63) is 47.3 Å². The van der Waals surface area contributed by atoms with Gasteiger partial charge in [-0.3, -0.25) is 0 Å². The van der Waals surface area contributed by atoms with E-state index in [9.17, 15) is 4.79 Å². The Labute approximate surface area is 111 Å². The van der Waals surface area contributed by atoms with Gasteiger partial charge >= 0.3 is 5.97 Å². The highest BCUT2D eigenvalue weighted by molar-refractivity contribution is 5.88. The molecule has 0 bridgehead atoms. The van der Waals surface area contributed by atoms with Gasteiger partial charge < -0.3 is 10.0 Å². The van der Waals surface area contributed by atoms with Gasteiger partial charge in [-0.15, -0.1) is 0 Å². The lowest BCUT2D eigenvalue weighted by Gasteiger charge is -2.19. The first kappa shape index (κ1) is 13.0. The predicted octanol–water partition coefficient (Wildman–Crippen LogP) is 2.56. The van der Waals surface area contributed by atoms with Gasteiger partial charge in [0.15, 0.2) is 0 Å². The lowest BCUT2D eigenvalue weighted by molar-refractivity contribution is 0.0695. The van der Waals surface area contributed by atoms with Crippen molar-refractivity contribution >= 4 is 17.6 Å². The molecule has 0 radical (unpaired) electrons. The number of nitrogens with zero attached hydrogens (tertiary/aromatic N) is 3. The Hall–Kier alpha value is -2.43. The molecular formula is C14H15N3O2. The summed E-state index contributed by atoms with van der Waals surface area (Å²) < 4.78 is 0. The van der Waals surface area contributed by atoms with E-state index in [1.807, 2.05) is 43.1 Å². The maximum absolute atomic E-state index is 10.9. The Morgan fingerprint density at radius 3 is 2.53 bits per heavy atom. The van der Waals surface area contributed by atoms with Crippen molar-refractivity contribution in [2.45, 2.75) is 13.8 Å². The first-order chi connectivity index (χ1) is 9.00. The van der Waals surface area contributed by atoms with Crippen molar-refractivity contribution in [2.24, 2.45) is 0 Å². The molecule has 1 aromatic carbocycles. The lowest BCUT2D eigenvalue weighted by Crippen LogP contribution is -2.16. The number of para-hydroxylation sites is 1. The highest BCUT2D eigenvalue weighted by atomic mass is 16.4. The third-order valence-corrected chi connectivity index (χ3v) is 2.97. The van der Waals surface area contributed by atoms with Crippen LogP contribution < -0.4 is 4.90 Å². The van der Waals surface area contributed by atoms with E-state index >= 15 is 0 Å². The Kier molecular flexibility index (Phi) is 3.46. The summed E-state index contributed by atoms with van der Waals surface area (Å²) in [5.41, 5.74) is 2.68. The maximum Gasteiger partial charge on any atom is 0.339 e. The second-order valence-corrected chi connectivity index (χ2v) is 4.32. The van der Waals surface area contributed by atoms with Gasteiger partial charge in [-0.1, -0.05) is 18.2 Å². The quantitative estimate of drug-likeness (QED) is 0.915. The van der Waals surface area contributed by atoms with Gasteiger partial charge in [-0.05, 0) is 25.5 Å². The number of aryl methyl sites for hydroxylation is 2. The minimum absolute atomic E-state index is 0.127. The van der Waals surface area contributed by atoms with Crippen LogP contribution in [0, 0.1) is 13.8 Å². The van der Waals surface area contributed by atoms with Crippen LogP contribution in [0.25, 0.3) is 0 Å². The molecule has 0 amide bonds. The molecule has 0 fully saturated rings. The number of anilines is 2. The predicted molar refractivity (Wildman–Crippen MR) is 73.0 cm³/mol. The smallest absolute Gasteiger partial charge is 0.339 e. The number of benzene rings is 1. The zero-order chi connectivity index (χ0) is 14.0. The van der Waals surface area contributed by atoms with E-state index in [-0.39, 0.29) is 5.56 Å². The average Bonchev–Trinajstić information content (AvgIpc) is 2.38. The van der Waals surface area contributed by atoms with Crippen molar-refractivity contribution in [3.63, 3.8) is 0 Å². The van der Waals surface area contributed by atoms with Crippen LogP contribution in [-0.2, 0) is 0 Å². The molecule has 0 saturated carbocycles. The van der Waals surface area contributed by atoms with Crippen LogP contribution in [0.15, 0.2) is 30.5 Å². The van der Waals surface area contributed by atoms with E-state index < -0.39 is 5.97 Å². The van der Waals surface area contributed by atoms with Crippen LogP contribution in [-0.4, -0.2) is 28.1 Å². The molecule has 1 aromatic heterocycles. The lowest BCUT2D eigenvalue weighted by atomic mass is 10.2. The third-order valence-electron chi connectivity index (χ3n) is 2.97. The Morgan fingerprint density at radius 1 is 1.26 bits per heavy atom. The first-order valence-corrected chi connectivity index (χ1v) is 5.87. The van der Waals surface area contributed by atoms with Crippen molar-refractivity contribution in [1.29, 1.82) is 0 Å². The number of carboxylic acid groups (broad SMARTS) is 1. The number of hydrogen-bond donors (Lipinski definition) is 1. The van der Waals surface area contributed by atoms with Crippen molar-refractivity contribution in [1.82, 2.24) is 9.97 Å². The number of carbonyl (C=O) groups is 1. The Morgan fingerprint density at radius 2 is 1.95 bits per heavy atom. The number of carboxylic acids is 1. The van der Waals surface area contributed by atoms with E-state index in [1.54, 1.807) is 6.92 Å². The minimum atomic E-state index is -1.01. The summed E-state index contributed by atoms with van der Waals surface area (Å²) >= 11 is 0. The van der Waals surface area contributed by atoms with E-state index in [0.29, 0.717) is 11.6 Å². The van der Waals surface area contributed by atoms with Gasteiger partial charge in [0.1, 0.15) is 0 Å². The molecule has 19 heavy (non-hydrogen) atoms.